The Morgan fingerprint density at radius 1 is 1.00 bits per heavy atom. The lowest BCUT2D eigenvalue weighted by Crippen LogP contribution is -2.18. The minimum atomic E-state index is 0.380. The first kappa shape index (κ1) is 16.5. The third-order valence-corrected chi connectivity index (χ3v) is 5.08. The summed E-state index contributed by atoms with van der Waals surface area (Å²) >= 11 is 12.2. The number of nitrogens with zero attached hydrogens (tertiary/aromatic N) is 2. The number of rotatable bonds is 4. The maximum Gasteiger partial charge on any atom is 0.146 e. The molecule has 3 nitrogen and oxygen atoms in total. The highest BCUT2D eigenvalue weighted by Gasteiger charge is 2.15. The highest BCUT2D eigenvalue weighted by molar-refractivity contribution is 6.35. The second-order valence-electron chi connectivity index (χ2n) is 6.22. The van der Waals surface area contributed by atoms with Crippen molar-refractivity contribution in [2.75, 3.05) is 18.0 Å². The number of ether oxygens (including phenoxy) is 1. The van der Waals surface area contributed by atoms with Crippen LogP contribution in [0.15, 0.2) is 48.5 Å². The second kappa shape index (κ2) is 7.11. The molecule has 25 heavy (non-hydrogen) atoms. The summed E-state index contributed by atoms with van der Waals surface area (Å²) in [4.78, 5) is 7.18. The summed E-state index contributed by atoms with van der Waals surface area (Å²) in [7, 11) is 0. The van der Waals surface area contributed by atoms with Gasteiger partial charge in [-0.1, -0.05) is 41.4 Å². The molecule has 0 saturated carbocycles. The first-order chi connectivity index (χ1) is 12.2. The first-order valence-corrected chi connectivity index (χ1v) is 9.18. The fraction of sp³-hybridized carbons (Fsp3) is 0.250. The molecule has 0 atom stereocenters. The molecule has 1 aliphatic heterocycles. The van der Waals surface area contributed by atoms with Gasteiger partial charge in [0.1, 0.15) is 23.7 Å². The van der Waals surface area contributed by atoms with E-state index in [1.165, 1.54) is 12.8 Å². The van der Waals surface area contributed by atoms with E-state index in [9.17, 15) is 0 Å². The number of aromatic nitrogens is 1. The smallest absolute Gasteiger partial charge is 0.146 e. The minimum Gasteiger partial charge on any atom is -0.487 e. The van der Waals surface area contributed by atoms with Crippen LogP contribution in [-0.2, 0) is 6.61 Å². The zero-order chi connectivity index (χ0) is 17.2. The number of benzene rings is 2. The molecule has 128 valence electrons. The molecule has 0 unspecified atom stereocenters. The molecule has 1 aliphatic rings. The molecular formula is C20H18Cl2N2O. The van der Waals surface area contributed by atoms with Gasteiger partial charge in [0.25, 0.3) is 0 Å². The van der Waals surface area contributed by atoms with Crippen molar-refractivity contribution in [3.05, 3.63) is 64.1 Å². The third-order valence-electron chi connectivity index (χ3n) is 4.50. The lowest BCUT2D eigenvalue weighted by atomic mass is 10.2. The van der Waals surface area contributed by atoms with Crippen LogP contribution in [0.25, 0.3) is 10.9 Å². The van der Waals surface area contributed by atoms with Crippen LogP contribution >= 0.6 is 23.2 Å². The van der Waals surface area contributed by atoms with Crippen molar-refractivity contribution in [1.82, 2.24) is 4.98 Å². The van der Waals surface area contributed by atoms with Crippen LogP contribution < -0.4 is 9.64 Å². The van der Waals surface area contributed by atoms with E-state index < -0.39 is 0 Å². The summed E-state index contributed by atoms with van der Waals surface area (Å²) in [5, 5.41) is 2.30. The fourth-order valence-electron chi connectivity index (χ4n) is 3.14. The van der Waals surface area contributed by atoms with Crippen LogP contribution in [0.5, 0.6) is 5.75 Å². The van der Waals surface area contributed by atoms with Gasteiger partial charge in [0.2, 0.25) is 0 Å². The fourth-order valence-corrected chi connectivity index (χ4v) is 3.61. The topological polar surface area (TPSA) is 25.4 Å². The maximum atomic E-state index is 6.24. The Balaban J connectivity index is 1.62. The molecule has 0 N–H and O–H groups in total. The summed E-state index contributed by atoms with van der Waals surface area (Å²) in [6.07, 6.45) is 2.46. The van der Waals surface area contributed by atoms with Gasteiger partial charge < -0.3 is 9.64 Å². The lowest BCUT2D eigenvalue weighted by molar-refractivity contribution is 0.309. The van der Waals surface area contributed by atoms with E-state index in [2.05, 4.69) is 23.1 Å². The number of fused-ring (bicyclic) bond motifs is 1. The normalized spacial score (nSPS) is 14.2. The molecule has 1 fully saturated rings. The summed E-state index contributed by atoms with van der Waals surface area (Å²) in [6, 6.07) is 15.6. The van der Waals surface area contributed by atoms with Crippen molar-refractivity contribution in [2.24, 2.45) is 0 Å². The van der Waals surface area contributed by atoms with Gasteiger partial charge in [-0.15, -0.1) is 0 Å². The molecule has 3 aromatic rings. The van der Waals surface area contributed by atoms with E-state index in [1.54, 1.807) is 6.07 Å². The van der Waals surface area contributed by atoms with Gasteiger partial charge in [-0.2, -0.15) is 0 Å². The minimum absolute atomic E-state index is 0.380. The first-order valence-electron chi connectivity index (χ1n) is 8.42. The predicted octanol–water partition coefficient (Wildman–Crippen LogP) is 5.72. The van der Waals surface area contributed by atoms with Crippen molar-refractivity contribution >= 4 is 39.9 Å². The Labute approximate surface area is 157 Å². The zero-order valence-corrected chi connectivity index (χ0v) is 15.2. The van der Waals surface area contributed by atoms with Crippen LogP contribution in [-0.4, -0.2) is 18.1 Å². The van der Waals surface area contributed by atoms with Crippen LogP contribution in [0.2, 0.25) is 10.0 Å². The van der Waals surface area contributed by atoms with Crippen molar-refractivity contribution in [2.45, 2.75) is 19.4 Å². The zero-order valence-electron chi connectivity index (χ0n) is 13.7. The highest BCUT2D eigenvalue weighted by atomic mass is 35.5. The van der Waals surface area contributed by atoms with E-state index in [0.29, 0.717) is 16.7 Å². The maximum absolute atomic E-state index is 6.24. The van der Waals surface area contributed by atoms with E-state index in [0.717, 1.165) is 41.1 Å². The Morgan fingerprint density at radius 3 is 2.64 bits per heavy atom. The van der Waals surface area contributed by atoms with Crippen molar-refractivity contribution in [3.63, 3.8) is 0 Å². The Morgan fingerprint density at radius 2 is 1.84 bits per heavy atom. The van der Waals surface area contributed by atoms with Crippen molar-refractivity contribution < 1.29 is 4.74 Å². The van der Waals surface area contributed by atoms with E-state index >= 15 is 0 Å². The predicted molar refractivity (Wildman–Crippen MR) is 104 cm³/mol. The molecular weight excluding hydrogens is 355 g/mol. The van der Waals surface area contributed by atoms with E-state index in [4.69, 9.17) is 32.9 Å². The number of para-hydroxylation sites is 1. The van der Waals surface area contributed by atoms with Crippen LogP contribution in [0.3, 0.4) is 0 Å². The van der Waals surface area contributed by atoms with Crippen LogP contribution in [0.4, 0.5) is 5.82 Å². The van der Waals surface area contributed by atoms with Gasteiger partial charge in [-0.25, -0.2) is 4.98 Å². The van der Waals surface area contributed by atoms with Crippen LogP contribution in [0.1, 0.15) is 18.4 Å². The largest absolute Gasteiger partial charge is 0.487 e. The van der Waals surface area contributed by atoms with Crippen molar-refractivity contribution in [3.8, 4) is 5.75 Å². The van der Waals surface area contributed by atoms with Crippen molar-refractivity contribution in [1.29, 1.82) is 0 Å². The van der Waals surface area contributed by atoms with Gasteiger partial charge in [0, 0.05) is 34.1 Å². The number of anilines is 1. The second-order valence-corrected chi connectivity index (χ2v) is 7.06. The lowest BCUT2D eigenvalue weighted by Gasteiger charge is -2.17. The summed E-state index contributed by atoms with van der Waals surface area (Å²) in [6.45, 7) is 2.52. The molecule has 0 bridgehead atoms. The molecule has 0 amide bonds. The number of hydrogen-bond acceptors (Lipinski definition) is 3. The van der Waals surface area contributed by atoms with E-state index in [1.807, 2.05) is 24.3 Å². The van der Waals surface area contributed by atoms with Gasteiger partial charge in [0.05, 0.1) is 0 Å². The van der Waals surface area contributed by atoms with Gasteiger partial charge in [0.15, 0.2) is 0 Å². The molecule has 5 heteroatoms. The molecule has 4 rings (SSSR count). The quantitative estimate of drug-likeness (QED) is 0.585. The summed E-state index contributed by atoms with van der Waals surface area (Å²) < 4.78 is 6.04. The SMILES string of the molecule is Clc1ccc(COc2cccc3ccc(N4CCCC4)nc23)c(Cl)c1. The van der Waals surface area contributed by atoms with E-state index in [-0.39, 0.29) is 0 Å². The van der Waals surface area contributed by atoms with Crippen LogP contribution in [0, 0.1) is 0 Å². The molecule has 1 saturated heterocycles. The standard InChI is InChI=1S/C20H18Cl2N2O/c21-16-8-6-15(17(22)12-16)13-25-18-5-3-4-14-7-9-19(23-20(14)18)24-10-1-2-11-24/h3-9,12H,1-2,10-11,13H2. The number of pyridine rings is 1. The van der Waals surface area contributed by atoms with Gasteiger partial charge >= 0.3 is 0 Å². The van der Waals surface area contributed by atoms with Gasteiger partial charge in [-0.05, 0) is 43.2 Å². The Bertz CT molecular complexity index is 907. The molecule has 1 aromatic heterocycles. The summed E-state index contributed by atoms with van der Waals surface area (Å²) in [5.41, 5.74) is 1.79. The third kappa shape index (κ3) is 3.53. The van der Waals surface area contributed by atoms with Gasteiger partial charge in [-0.3, -0.25) is 0 Å². The molecule has 0 radical (unpaired) electrons. The summed E-state index contributed by atoms with van der Waals surface area (Å²) in [5.74, 6) is 1.79. The number of hydrogen-bond donors (Lipinski definition) is 0. The highest BCUT2D eigenvalue weighted by Crippen LogP contribution is 2.29. The Kier molecular flexibility index (Phi) is 4.69. The number of halogens is 2. The monoisotopic (exact) mass is 372 g/mol. The molecule has 2 aromatic carbocycles. The molecule has 2 heterocycles. The molecule has 0 spiro atoms. The average molecular weight is 373 g/mol. The average Bonchev–Trinajstić information content (AvgIpc) is 3.15. The molecule has 0 aliphatic carbocycles. The Hall–Kier alpha value is -1.97.